The van der Waals surface area contributed by atoms with E-state index in [0.717, 1.165) is 25.7 Å². The molecular formula is C15H31ClO4S. The molecule has 0 aliphatic rings. The average Bonchev–Trinajstić information content (AvgIpc) is 2.25. The van der Waals surface area contributed by atoms with Gasteiger partial charge in [0.15, 0.2) is 0 Å². The van der Waals surface area contributed by atoms with Crippen LogP contribution in [0.2, 0.25) is 0 Å². The lowest BCUT2D eigenvalue weighted by Crippen LogP contribution is -2.34. The van der Waals surface area contributed by atoms with Crippen molar-refractivity contribution in [1.29, 1.82) is 0 Å². The second-order valence-corrected chi connectivity index (χ2v) is 9.47. The van der Waals surface area contributed by atoms with Crippen molar-refractivity contribution in [1.82, 2.24) is 0 Å². The maximum atomic E-state index is 11.5. The topological polar surface area (TPSA) is 52.6 Å². The lowest BCUT2D eigenvalue weighted by atomic mass is 9.82. The molecule has 0 aliphatic heterocycles. The standard InChI is InChI=1S/C15H31ClO4S/c1-6-8-15(9-7-2,13-21(16,17)18)12-19-10-11-20-14(3,4)5/h6-13H2,1-5H3. The summed E-state index contributed by atoms with van der Waals surface area (Å²) in [7, 11) is 1.95. The number of ether oxygens (including phenoxy) is 2. The first-order valence-corrected chi connectivity index (χ1v) is 10.2. The van der Waals surface area contributed by atoms with Crippen LogP contribution in [-0.2, 0) is 18.5 Å². The van der Waals surface area contributed by atoms with Crippen molar-refractivity contribution < 1.29 is 17.9 Å². The zero-order valence-electron chi connectivity index (χ0n) is 14.1. The van der Waals surface area contributed by atoms with Crippen molar-refractivity contribution in [2.75, 3.05) is 25.6 Å². The van der Waals surface area contributed by atoms with Crippen LogP contribution in [0, 0.1) is 5.41 Å². The summed E-state index contributed by atoms with van der Waals surface area (Å²) in [5.74, 6) is -0.0244. The van der Waals surface area contributed by atoms with E-state index in [1.807, 2.05) is 34.6 Å². The van der Waals surface area contributed by atoms with E-state index in [4.69, 9.17) is 20.2 Å². The Hall–Kier alpha value is 0.160. The van der Waals surface area contributed by atoms with E-state index in [-0.39, 0.29) is 16.8 Å². The van der Waals surface area contributed by atoms with Crippen molar-refractivity contribution in [2.45, 2.75) is 65.9 Å². The van der Waals surface area contributed by atoms with Gasteiger partial charge in [0, 0.05) is 16.1 Å². The van der Waals surface area contributed by atoms with Gasteiger partial charge in [-0.3, -0.25) is 0 Å². The first-order valence-electron chi connectivity index (χ1n) is 7.67. The monoisotopic (exact) mass is 342 g/mol. The van der Waals surface area contributed by atoms with E-state index in [1.165, 1.54) is 0 Å². The molecule has 0 rings (SSSR count). The molecule has 0 aliphatic carbocycles. The number of halogens is 1. The second kappa shape index (κ2) is 9.33. The molecule has 0 spiro atoms. The number of hydrogen-bond donors (Lipinski definition) is 0. The molecule has 0 aromatic carbocycles. The summed E-state index contributed by atoms with van der Waals surface area (Å²) in [6.45, 7) is 11.5. The van der Waals surface area contributed by atoms with Gasteiger partial charge in [-0.25, -0.2) is 8.42 Å². The molecule has 0 atom stereocenters. The Morgan fingerprint density at radius 3 is 1.90 bits per heavy atom. The van der Waals surface area contributed by atoms with E-state index in [1.54, 1.807) is 0 Å². The molecule has 0 unspecified atom stereocenters. The molecule has 0 N–H and O–H groups in total. The Bertz CT molecular complexity index is 368. The van der Waals surface area contributed by atoms with Crippen LogP contribution in [0.1, 0.15) is 60.3 Å². The molecular weight excluding hydrogens is 312 g/mol. The molecule has 21 heavy (non-hydrogen) atoms. The van der Waals surface area contributed by atoms with Gasteiger partial charge in [-0.05, 0) is 33.6 Å². The molecule has 4 nitrogen and oxygen atoms in total. The van der Waals surface area contributed by atoms with Crippen LogP contribution in [0.4, 0.5) is 0 Å². The fraction of sp³-hybridized carbons (Fsp3) is 1.00. The normalized spacial score (nSPS) is 13.6. The summed E-state index contributed by atoms with van der Waals surface area (Å²) >= 11 is 0. The third kappa shape index (κ3) is 11.4. The third-order valence-corrected chi connectivity index (χ3v) is 4.49. The van der Waals surface area contributed by atoms with Gasteiger partial charge in [-0.1, -0.05) is 26.7 Å². The first-order chi connectivity index (χ1) is 9.54. The van der Waals surface area contributed by atoms with Crippen molar-refractivity contribution in [2.24, 2.45) is 5.41 Å². The minimum absolute atomic E-state index is 0.0244. The Morgan fingerprint density at radius 1 is 1.00 bits per heavy atom. The SMILES string of the molecule is CCCC(CCC)(COCCOC(C)(C)C)CS(=O)(=O)Cl. The molecule has 0 bridgehead atoms. The molecule has 0 heterocycles. The van der Waals surface area contributed by atoms with Gasteiger partial charge in [0.25, 0.3) is 0 Å². The van der Waals surface area contributed by atoms with Gasteiger partial charge in [0.2, 0.25) is 9.05 Å². The molecule has 128 valence electrons. The van der Waals surface area contributed by atoms with Crippen molar-refractivity contribution >= 4 is 19.7 Å². The summed E-state index contributed by atoms with van der Waals surface area (Å²) in [4.78, 5) is 0. The fourth-order valence-corrected chi connectivity index (χ4v) is 4.38. The van der Waals surface area contributed by atoms with Crippen LogP contribution in [0.3, 0.4) is 0 Å². The minimum Gasteiger partial charge on any atom is -0.378 e. The first kappa shape index (κ1) is 21.2. The van der Waals surface area contributed by atoms with Crippen LogP contribution in [0.5, 0.6) is 0 Å². The fourth-order valence-electron chi connectivity index (χ4n) is 2.58. The highest BCUT2D eigenvalue weighted by Crippen LogP contribution is 2.33. The second-order valence-electron chi connectivity index (χ2n) is 6.70. The molecule has 0 aromatic rings. The van der Waals surface area contributed by atoms with Crippen LogP contribution < -0.4 is 0 Å². The summed E-state index contributed by atoms with van der Waals surface area (Å²) in [5, 5.41) is 0. The molecule has 0 saturated carbocycles. The maximum absolute atomic E-state index is 11.5. The highest BCUT2D eigenvalue weighted by molar-refractivity contribution is 8.13. The molecule has 0 radical (unpaired) electrons. The van der Waals surface area contributed by atoms with Crippen LogP contribution in [-0.4, -0.2) is 39.6 Å². The predicted molar refractivity (Wildman–Crippen MR) is 88.4 cm³/mol. The Kier molecular flexibility index (Phi) is 9.40. The van der Waals surface area contributed by atoms with E-state index < -0.39 is 9.05 Å². The van der Waals surface area contributed by atoms with Crippen LogP contribution in [0.25, 0.3) is 0 Å². The molecule has 0 saturated heterocycles. The van der Waals surface area contributed by atoms with E-state index in [9.17, 15) is 8.42 Å². The van der Waals surface area contributed by atoms with E-state index in [0.29, 0.717) is 19.8 Å². The van der Waals surface area contributed by atoms with Crippen LogP contribution >= 0.6 is 10.7 Å². The zero-order chi connectivity index (χ0) is 16.6. The quantitative estimate of drug-likeness (QED) is 0.421. The zero-order valence-corrected chi connectivity index (χ0v) is 15.6. The van der Waals surface area contributed by atoms with Crippen molar-refractivity contribution in [3.63, 3.8) is 0 Å². The van der Waals surface area contributed by atoms with Crippen LogP contribution in [0.15, 0.2) is 0 Å². The molecule has 0 amide bonds. The smallest absolute Gasteiger partial charge is 0.233 e. The van der Waals surface area contributed by atoms with Crippen molar-refractivity contribution in [3.05, 3.63) is 0 Å². The Balaban J connectivity index is 4.52. The summed E-state index contributed by atoms with van der Waals surface area (Å²) < 4.78 is 34.3. The lowest BCUT2D eigenvalue weighted by molar-refractivity contribution is -0.0484. The molecule has 0 fully saturated rings. The van der Waals surface area contributed by atoms with Gasteiger partial charge in [-0.15, -0.1) is 0 Å². The number of rotatable bonds is 11. The number of hydrogen-bond acceptors (Lipinski definition) is 4. The Morgan fingerprint density at radius 2 is 1.52 bits per heavy atom. The largest absolute Gasteiger partial charge is 0.378 e. The van der Waals surface area contributed by atoms with Gasteiger partial charge < -0.3 is 9.47 Å². The highest BCUT2D eigenvalue weighted by atomic mass is 35.7. The van der Waals surface area contributed by atoms with Crippen molar-refractivity contribution in [3.8, 4) is 0 Å². The predicted octanol–water partition coefficient (Wildman–Crippen LogP) is 3.97. The summed E-state index contributed by atoms with van der Waals surface area (Å²) in [5.41, 5.74) is -0.571. The van der Waals surface area contributed by atoms with Gasteiger partial charge in [0.05, 0.1) is 31.2 Å². The van der Waals surface area contributed by atoms with Gasteiger partial charge >= 0.3 is 0 Å². The van der Waals surface area contributed by atoms with Gasteiger partial charge in [0.1, 0.15) is 0 Å². The minimum atomic E-state index is -3.53. The average molecular weight is 343 g/mol. The highest BCUT2D eigenvalue weighted by Gasteiger charge is 2.33. The van der Waals surface area contributed by atoms with E-state index in [2.05, 4.69) is 0 Å². The maximum Gasteiger partial charge on any atom is 0.233 e. The van der Waals surface area contributed by atoms with E-state index >= 15 is 0 Å². The molecule has 0 aromatic heterocycles. The lowest BCUT2D eigenvalue weighted by Gasteiger charge is -2.32. The summed E-state index contributed by atoms with van der Waals surface area (Å²) in [6.07, 6.45) is 3.42. The summed E-state index contributed by atoms with van der Waals surface area (Å²) in [6, 6.07) is 0. The van der Waals surface area contributed by atoms with Gasteiger partial charge in [-0.2, -0.15) is 0 Å². The molecule has 6 heteroatoms. The Labute approximate surface area is 135 Å². The third-order valence-electron chi connectivity index (χ3n) is 3.21.